The van der Waals surface area contributed by atoms with E-state index in [4.69, 9.17) is 23.7 Å². The molecule has 2 aliphatic heterocycles. The van der Waals surface area contributed by atoms with Crippen molar-refractivity contribution in [2.24, 2.45) is 0 Å². The second-order valence-electron chi connectivity index (χ2n) is 10.4. The molecule has 44 heavy (non-hydrogen) atoms. The highest BCUT2D eigenvalue weighted by Gasteiger charge is 2.52. The van der Waals surface area contributed by atoms with Gasteiger partial charge in [-0.05, 0) is 54.8 Å². The van der Waals surface area contributed by atoms with Crippen molar-refractivity contribution in [3.8, 4) is 23.0 Å². The number of aliphatic hydroxyl groups excluding tert-OH is 5. The smallest absolute Gasteiger partial charge is 0.331 e. The standard InChI is InChI=1S/C29H36O15/c1-13-22(36)23(37)24(38)29(41-13)44-27-25(39)28(40-9-8-15-3-6-17(32)19(34)11-15)42-20(12-30)26(27)43-21(35)7-4-14-2-5-16(31)18(33)10-14/h2-7,10-11,13,20,22-34,36-39H,8-9,12H2,1H3/b7-4+/t13-,20+,22-,23+,24+,25+,26+,27+,28+,29?/m0/s1. The van der Waals surface area contributed by atoms with E-state index in [0.717, 1.165) is 6.08 Å². The van der Waals surface area contributed by atoms with Crippen LogP contribution in [0.4, 0.5) is 0 Å². The first kappa shape index (κ1) is 33.4. The molecule has 2 saturated heterocycles. The summed E-state index contributed by atoms with van der Waals surface area (Å²) in [6.07, 6.45) is -12.6. The molecule has 15 nitrogen and oxygen atoms in total. The molecule has 15 heteroatoms. The van der Waals surface area contributed by atoms with Gasteiger partial charge < -0.3 is 69.6 Å². The summed E-state index contributed by atoms with van der Waals surface area (Å²) in [7, 11) is 0. The zero-order chi connectivity index (χ0) is 32.1. The Bertz CT molecular complexity index is 1300. The summed E-state index contributed by atoms with van der Waals surface area (Å²) < 4.78 is 28.2. The molecule has 2 aliphatic rings. The van der Waals surface area contributed by atoms with Crippen molar-refractivity contribution >= 4 is 12.0 Å². The first-order valence-corrected chi connectivity index (χ1v) is 13.7. The van der Waals surface area contributed by atoms with Gasteiger partial charge in [-0.3, -0.25) is 0 Å². The van der Waals surface area contributed by atoms with Crippen LogP contribution in [0.1, 0.15) is 18.1 Å². The summed E-state index contributed by atoms with van der Waals surface area (Å²) in [6.45, 7) is 0.606. The fourth-order valence-corrected chi connectivity index (χ4v) is 4.76. The average molecular weight is 625 g/mol. The second kappa shape index (κ2) is 14.5. The first-order chi connectivity index (χ1) is 20.9. The summed E-state index contributed by atoms with van der Waals surface area (Å²) in [5, 5.41) is 90.5. The average Bonchev–Trinajstić information content (AvgIpc) is 2.99. The topological polar surface area (TPSA) is 245 Å². The number of carbonyl (C=O) groups is 1. The monoisotopic (exact) mass is 624 g/mol. The summed E-state index contributed by atoms with van der Waals surface area (Å²) in [6, 6.07) is 7.98. The van der Waals surface area contributed by atoms with E-state index >= 15 is 0 Å². The third-order valence-electron chi connectivity index (χ3n) is 7.27. The van der Waals surface area contributed by atoms with Gasteiger partial charge in [0.1, 0.15) is 36.6 Å². The van der Waals surface area contributed by atoms with E-state index in [-0.39, 0.29) is 30.3 Å². The molecule has 2 heterocycles. The molecule has 0 aliphatic carbocycles. The number of benzene rings is 2. The van der Waals surface area contributed by atoms with E-state index < -0.39 is 79.7 Å². The lowest BCUT2D eigenvalue weighted by Crippen LogP contribution is -2.65. The van der Waals surface area contributed by atoms with E-state index in [1.807, 2.05) is 0 Å². The number of phenolic OH excluding ortho intramolecular Hbond substituents is 4. The van der Waals surface area contributed by atoms with Crippen molar-refractivity contribution in [1.82, 2.24) is 0 Å². The Labute approximate surface area is 251 Å². The molecule has 2 aromatic rings. The molecule has 2 fully saturated rings. The van der Waals surface area contributed by atoms with Crippen molar-refractivity contribution in [1.29, 1.82) is 0 Å². The second-order valence-corrected chi connectivity index (χ2v) is 10.4. The Balaban J connectivity index is 1.52. The van der Waals surface area contributed by atoms with E-state index in [1.54, 1.807) is 6.07 Å². The summed E-state index contributed by atoms with van der Waals surface area (Å²) in [5.74, 6) is -2.40. The van der Waals surface area contributed by atoms with Gasteiger partial charge in [-0.25, -0.2) is 4.79 Å². The highest BCUT2D eigenvalue weighted by molar-refractivity contribution is 5.87. The van der Waals surface area contributed by atoms with Crippen LogP contribution in [-0.4, -0.2) is 127 Å². The summed E-state index contributed by atoms with van der Waals surface area (Å²) in [5.41, 5.74) is 0.914. The highest BCUT2D eigenvalue weighted by atomic mass is 16.7. The number of phenols is 4. The lowest BCUT2D eigenvalue weighted by Gasteiger charge is -2.46. The highest BCUT2D eigenvalue weighted by Crippen LogP contribution is 2.32. The van der Waals surface area contributed by atoms with Crippen molar-refractivity contribution in [3.05, 3.63) is 53.6 Å². The number of aliphatic hydroxyl groups is 5. The Morgan fingerprint density at radius 1 is 0.818 bits per heavy atom. The number of aromatic hydroxyl groups is 4. The molecular weight excluding hydrogens is 588 g/mol. The van der Waals surface area contributed by atoms with Gasteiger partial charge in [-0.15, -0.1) is 0 Å². The fraction of sp³-hybridized carbons (Fsp3) is 0.483. The summed E-state index contributed by atoms with van der Waals surface area (Å²) >= 11 is 0. The van der Waals surface area contributed by atoms with E-state index in [2.05, 4.69) is 0 Å². The van der Waals surface area contributed by atoms with Crippen LogP contribution < -0.4 is 0 Å². The van der Waals surface area contributed by atoms with Crippen molar-refractivity contribution in [2.75, 3.05) is 13.2 Å². The van der Waals surface area contributed by atoms with E-state index in [1.165, 1.54) is 43.3 Å². The van der Waals surface area contributed by atoms with Crippen LogP contribution in [0.3, 0.4) is 0 Å². The molecule has 0 spiro atoms. The molecule has 0 amide bonds. The number of esters is 1. The van der Waals surface area contributed by atoms with Crippen LogP contribution in [0.5, 0.6) is 23.0 Å². The Morgan fingerprint density at radius 2 is 1.50 bits per heavy atom. The molecule has 9 N–H and O–H groups in total. The van der Waals surface area contributed by atoms with E-state index in [9.17, 15) is 50.8 Å². The molecule has 10 atom stereocenters. The van der Waals surface area contributed by atoms with Gasteiger partial charge in [-0.2, -0.15) is 0 Å². The predicted molar refractivity (Wildman–Crippen MR) is 147 cm³/mol. The number of carbonyl (C=O) groups excluding carboxylic acids is 1. The number of rotatable bonds is 10. The molecule has 0 aromatic heterocycles. The quantitative estimate of drug-likeness (QED) is 0.0873. The molecule has 4 rings (SSSR count). The minimum Gasteiger partial charge on any atom is -0.504 e. The van der Waals surface area contributed by atoms with Gasteiger partial charge in [0, 0.05) is 6.08 Å². The number of hydrogen-bond donors (Lipinski definition) is 9. The first-order valence-electron chi connectivity index (χ1n) is 13.7. The zero-order valence-corrected chi connectivity index (χ0v) is 23.5. The maximum atomic E-state index is 12.8. The van der Waals surface area contributed by atoms with Crippen molar-refractivity contribution in [2.45, 2.75) is 74.8 Å². The fourth-order valence-electron chi connectivity index (χ4n) is 4.76. The van der Waals surface area contributed by atoms with Crippen LogP contribution in [-0.2, 0) is 34.9 Å². The SMILES string of the molecule is C[C@@H]1OC(O[C@@H]2[C@@H](O)[C@H](OCCc3ccc(O)c(O)c3)O[C@H](CO)[C@H]2OC(=O)/C=C/c2ccc(O)c(O)c2)[C@H](O)[C@H](O)[C@H]1O. The third kappa shape index (κ3) is 7.76. The van der Waals surface area contributed by atoms with Gasteiger partial charge in [0.15, 0.2) is 41.7 Å². The third-order valence-corrected chi connectivity index (χ3v) is 7.27. The lowest BCUT2D eigenvalue weighted by atomic mass is 9.97. The zero-order valence-electron chi connectivity index (χ0n) is 23.5. The minimum atomic E-state index is -1.77. The Hall–Kier alpha value is -3.51. The lowest BCUT2D eigenvalue weighted by molar-refractivity contribution is -0.357. The van der Waals surface area contributed by atoms with Crippen LogP contribution in [0.2, 0.25) is 0 Å². The van der Waals surface area contributed by atoms with Crippen LogP contribution in [0, 0.1) is 0 Å². The maximum Gasteiger partial charge on any atom is 0.331 e. The largest absolute Gasteiger partial charge is 0.504 e. The maximum absolute atomic E-state index is 12.8. The van der Waals surface area contributed by atoms with Crippen molar-refractivity contribution < 1.29 is 74.4 Å². The predicted octanol–water partition coefficient (Wildman–Crippen LogP) is -1.02. The van der Waals surface area contributed by atoms with Crippen LogP contribution >= 0.6 is 0 Å². The molecule has 0 saturated carbocycles. The molecule has 242 valence electrons. The molecular formula is C29H36O15. The van der Waals surface area contributed by atoms with Gasteiger partial charge >= 0.3 is 5.97 Å². The van der Waals surface area contributed by atoms with E-state index in [0.29, 0.717) is 11.1 Å². The summed E-state index contributed by atoms with van der Waals surface area (Å²) in [4.78, 5) is 12.8. The Morgan fingerprint density at radius 3 is 2.16 bits per heavy atom. The number of ether oxygens (including phenoxy) is 5. The molecule has 2 aromatic carbocycles. The normalized spacial score (nSPS) is 32.5. The van der Waals surface area contributed by atoms with Crippen LogP contribution in [0.15, 0.2) is 42.5 Å². The van der Waals surface area contributed by atoms with Gasteiger partial charge in [0.25, 0.3) is 0 Å². The van der Waals surface area contributed by atoms with Gasteiger partial charge in [0.05, 0.1) is 19.3 Å². The van der Waals surface area contributed by atoms with Gasteiger partial charge in [0.2, 0.25) is 0 Å². The Kier molecular flexibility index (Phi) is 11.0. The van der Waals surface area contributed by atoms with Crippen molar-refractivity contribution in [3.63, 3.8) is 0 Å². The molecule has 0 radical (unpaired) electrons. The number of hydrogen-bond acceptors (Lipinski definition) is 15. The molecule has 0 bridgehead atoms. The molecule has 1 unspecified atom stereocenters. The minimum absolute atomic E-state index is 0.0754. The van der Waals surface area contributed by atoms with Crippen LogP contribution in [0.25, 0.3) is 6.08 Å². The van der Waals surface area contributed by atoms with Gasteiger partial charge in [-0.1, -0.05) is 12.1 Å².